The molecule has 1 aliphatic carbocycles. The Morgan fingerprint density at radius 1 is 1.25 bits per heavy atom. The number of aromatic nitrogens is 1. The quantitative estimate of drug-likeness (QED) is 0.899. The van der Waals surface area contributed by atoms with Crippen LogP contribution in [0.2, 0.25) is 0 Å². The number of hydrogen-bond acceptors (Lipinski definition) is 4. The Morgan fingerprint density at radius 2 is 2.04 bits per heavy atom. The molecule has 1 unspecified atom stereocenters. The summed E-state index contributed by atoms with van der Waals surface area (Å²) in [6.07, 6.45) is 2.83. The number of pyridine rings is 1. The van der Waals surface area contributed by atoms with Gasteiger partial charge in [-0.3, -0.25) is 9.59 Å². The van der Waals surface area contributed by atoms with Crippen LogP contribution < -0.4 is 10.6 Å². The number of carbonyl (C=O) groups is 2. The van der Waals surface area contributed by atoms with Crippen LogP contribution in [0.15, 0.2) is 30.3 Å². The number of hydrogen-bond donors (Lipinski definition) is 2. The zero-order valence-electron chi connectivity index (χ0n) is 13.6. The highest BCUT2D eigenvalue weighted by molar-refractivity contribution is 6.07. The summed E-state index contributed by atoms with van der Waals surface area (Å²) in [5, 5.41) is 7.05. The van der Waals surface area contributed by atoms with Crippen molar-refractivity contribution < 1.29 is 9.59 Å². The number of anilines is 1. The van der Waals surface area contributed by atoms with Gasteiger partial charge in [0.15, 0.2) is 0 Å². The Bertz CT molecular complexity index is 816. The van der Waals surface area contributed by atoms with Gasteiger partial charge in [0, 0.05) is 25.0 Å². The van der Waals surface area contributed by atoms with E-state index in [4.69, 9.17) is 0 Å². The summed E-state index contributed by atoms with van der Waals surface area (Å²) < 4.78 is 0. The second-order valence-electron chi connectivity index (χ2n) is 6.57. The molecule has 0 bridgehead atoms. The highest BCUT2D eigenvalue weighted by Gasteiger charge is 2.30. The SMILES string of the molecule is CN1CCC(Nc2cc(C(=O)NC3CC3)c3ccccc3n2)C1=O. The van der Waals surface area contributed by atoms with Gasteiger partial charge in [-0.15, -0.1) is 0 Å². The van der Waals surface area contributed by atoms with Gasteiger partial charge in [-0.05, 0) is 31.4 Å². The summed E-state index contributed by atoms with van der Waals surface area (Å²) in [5.41, 5.74) is 1.36. The van der Waals surface area contributed by atoms with Gasteiger partial charge in [-0.1, -0.05) is 18.2 Å². The minimum absolute atomic E-state index is 0.0638. The van der Waals surface area contributed by atoms with Crippen LogP contribution in [0, 0.1) is 0 Å². The van der Waals surface area contributed by atoms with Gasteiger partial charge in [-0.25, -0.2) is 4.98 Å². The van der Waals surface area contributed by atoms with Crippen molar-refractivity contribution in [3.63, 3.8) is 0 Å². The first kappa shape index (κ1) is 14.9. The fourth-order valence-electron chi connectivity index (χ4n) is 3.06. The van der Waals surface area contributed by atoms with Crippen molar-refractivity contribution in [3.05, 3.63) is 35.9 Å². The lowest BCUT2D eigenvalue weighted by Gasteiger charge is -2.15. The van der Waals surface area contributed by atoms with Gasteiger partial charge < -0.3 is 15.5 Å². The number of nitrogens with one attached hydrogen (secondary N) is 2. The first-order valence-corrected chi connectivity index (χ1v) is 8.34. The highest BCUT2D eigenvalue weighted by Crippen LogP contribution is 2.25. The predicted molar refractivity (Wildman–Crippen MR) is 91.9 cm³/mol. The number of rotatable bonds is 4. The maximum Gasteiger partial charge on any atom is 0.252 e. The molecule has 6 heteroatoms. The molecule has 2 fully saturated rings. The van der Waals surface area contributed by atoms with Gasteiger partial charge in [0.1, 0.15) is 11.9 Å². The largest absolute Gasteiger partial charge is 0.358 e. The summed E-state index contributed by atoms with van der Waals surface area (Å²) in [7, 11) is 1.80. The number of nitrogens with zero attached hydrogens (tertiary/aromatic N) is 2. The van der Waals surface area contributed by atoms with Gasteiger partial charge in [0.25, 0.3) is 5.91 Å². The molecular weight excluding hydrogens is 304 g/mol. The van der Waals surface area contributed by atoms with Gasteiger partial charge >= 0.3 is 0 Å². The molecule has 2 aliphatic rings. The van der Waals surface area contributed by atoms with Crippen LogP contribution in [-0.4, -0.2) is 47.4 Å². The molecule has 24 heavy (non-hydrogen) atoms. The van der Waals surface area contributed by atoms with Crippen LogP contribution in [0.5, 0.6) is 0 Å². The summed E-state index contributed by atoms with van der Waals surface area (Å²) in [6, 6.07) is 9.37. The number of fused-ring (bicyclic) bond motifs is 1. The molecule has 2 amide bonds. The Labute approximate surface area is 140 Å². The first-order valence-electron chi connectivity index (χ1n) is 8.34. The normalized spacial score (nSPS) is 20.5. The Kier molecular flexibility index (Phi) is 3.59. The van der Waals surface area contributed by atoms with Crippen LogP contribution in [0.4, 0.5) is 5.82 Å². The van der Waals surface area contributed by atoms with Crippen molar-refractivity contribution in [1.82, 2.24) is 15.2 Å². The number of likely N-dealkylation sites (N-methyl/N-ethyl adjacent to an activating group) is 1. The number of likely N-dealkylation sites (tertiary alicyclic amines) is 1. The summed E-state index contributed by atoms with van der Waals surface area (Å²) in [6.45, 7) is 0.735. The summed E-state index contributed by atoms with van der Waals surface area (Å²) >= 11 is 0. The topological polar surface area (TPSA) is 74.3 Å². The van der Waals surface area contributed by atoms with Gasteiger partial charge in [-0.2, -0.15) is 0 Å². The first-order chi connectivity index (χ1) is 11.6. The zero-order valence-corrected chi connectivity index (χ0v) is 13.6. The van der Waals surface area contributed by atoms with Crippen molar-refractivity contribution in [1.29, 1.82) is 0 Å². The van der Waals surface area contributed by atoms with Crippen LogP contribution in [0.3, 0.4) is 0 Å². The molecule has 2 N–H and O–H groups in total. The molecule has 1 atom stereocenters. The van der Waals surface area contributed by atoms with Crippen molar-refractivity contribution in [2.75, 3.05) is 18.9 Å². The van der Waals surface area contributed by atoms with E-state index in [9.17, 15) is 9.59 Å². The lowest BCUT2D eigenvalue weighted by Crippen LogP contribution is -2.31. The van der Waals surface area contributed by atoms with E-state index in [0.29, 0.717) is 17.4 Å². The van der Waals surface area contributed by atoms with E-state index in [2.05, 4.69) is 15.6 Å². The molecule has 1 aromatic carbocycles. The average molecular weight is 324 g/mol. The zero-order chi connectivity index (χ0) is 16.7. The van der Waals surface area contributed by atoms with Gasteiger partial charge in [0.05, 0.1) is 11.1 Å². The second kappa shape index (κ2) is 5.78. The van der Waals surface area contributed by atoms with Gasteiger partial charge in [0.2, 0.25) is 5.91 Å². The van der Waals surface area contributed by atoms with E-state index in [1.54, 1.807) is 18.0 Å². The molecule has 1 aliphatic heterocycles. The number of para-hydroxylation sites is 1. The maximum absolute atomic E-state index is 12.6. The molecule has 1 saturated heterocycles. The fraction of sp³-hybridized carbons (Fsp3) is 0.389. The average Bonchev–Trinajstić information content (AvgIpc) is 3.35. The van der Waals surface area contributed by atoms with Crippen molar-refractivity contribution in [3.8, 4) is 0 Å². The molecular formula is C18H20N4O2. The minimum atomic E-state index is -0.275. The molecule has 1 aromatic heterocycles. The number of amides is 2. The minimum Gasteiger partial charge on any atom is -0.358 e. The van der Waals surface area contributed by atoms with Crippen LogP contribution >= 0.6 is 0 Å². The summed E-state index contributed by atoms with van der Waals surface area (Å²) in [4.78, 5) is 31.0. The van der Waals surface area contributed by atoms with Crippen LogP contribution in [0.1, 0.15) is 29.6 Å². The smallest absolute Gasteiger partial charge is 0.252 e. The Balaban J connectivity index is 1.68. The van der Waals surface area contributed by atoms with E-state index in [-0.39, 0.29) is 17.9 Å². The third-order valence-corrected chi connectivity index (χ3v) is 4.62. The highest BCUT2D eigenvalue weighted by atomic mass is 16.2. The lowest BCUT2D eigenvalue weighted by atomic mass is 10.1. The number of carbonyl (C=O) groups excluding carboxylic acids is 2. The molecule has 6 nitrogen and oxygen atoms in total. The van der Waals surface area contributed by atoms with E-state index < -0.39 is 0 Å². The van der Waals surface area contributed by atoms with E-state index in [0.717, 1.165) is 36.7 Å². The predicted octanol–water partition coefficient (Wildman–Crippen LogP) is 1.77. The summed E-state index contributed by atoms with van der Waals surface area (Å²) in [5.74, 6) is 0.561. The Hall–Kier alpha value is -2.63. The monoisotopic (exact) mass is 324 g/mol. The van der Waals surface area contributed by atoms with Crippen molar-refractivity contribution >= 4 is 28.5 Å². The van der Waals surface area contributed by atoms with Crippen LogP contribution in [-0.2, 0) is 4.79 Å². The Morgan fingerprint density at radius 3 is 2.75 bits per heavy atom. The van der Waals surface area contributed by atoms with Crippen molar-refractivity contribution in [2.24, 2.45) is 0 Å². The molecule has 4 rings (SSSR count). The third-order valence-electron chi connectivity index (χ3n) is 4.62. The fourth-order valence-corrected chi connectivity index (χ4v) is 3.06. The molecule has 2 heterocycles. The second-order valence-corrected chi connectivity index (χ2v) is 6.57. The van der Waals surface area contributed by atoms with E-state index in [1.165, 1.54) is 0 Å². The molecule has 124 valence electrons. The standard InChI is InChI=1S/C18H20N4O2/c1-22-9-8-15(18(22)24)21-16-10-13(17(23)19-11-6-7-11)12-4-2-3-5-14(12)20-16/h2-5,10-11,15H,6-9H2,1H3,(H,19,23)(H,20,21). The third kappa shape index (κ3) is 2.79. The molecule has 0 radical (unpaired) electrons. The van der Waals surface area contributed by atoms with Crippen molar-refractivity contribution in [2.45, 2.75) is 31.3 Å². The van der Waals surface area contributed by atoms with Crippen LogP contribution in [0.25, 0.3) is 10.9 Å². The molecule has 0 spiro atoms. The maximum atomic E-state index is 12.6. The molecule has 2 aromatic rings. The number of benzene rings is 1. The van der Waals surface area contributed by atoms with E-state index >= 15 is 0 Å². The van der Waals surface area contributed by atoms with E-state index in [1.807, 2.05) is 24.3 Å². The lowest BCUT2D eigenvalue weighted by molar-refractivity contribution is -0.127. The molecule has 1 saturated carbocycles.